The van der Waals surface area contributed by atoms with Crippen molar-refractivity contribution in [3.8, 4) is 0 Å². The van der Waals surface area contributed by atoms with Crippen molar-refractivity contribution in [3.63, 3.8) is 0 Å². The maximum absolute atomic E-state index is 13.3. The van der Waals surface area contributed by atoms with E-state index in [1.165, 1.54) is 6.08 Å². The van der Waals surface area contributed by atoms with Gasteiger partial charge >= 0.3 is 0 Å². The maximum atomic E-state index is 13.3. The first-order valence-electron chi connectivity index (χ1n) is 7.72. The van der Waals surface area contributed by atoms with E-state index in [-0.39, 0.29) is 16.4 Å². The number of allylic oxidation sites excluding steroid dienone is 7. The molecule has 24 heavy (non-hydrogen) atoms. The summed E-state index contributed by atoms with van der Waals surface area (Å²) in [7, 11) is -1.20. The minimum absolute atomic E-state index is 0.0423. The molecule has 0 saturated heterocycles. The molecule has 0 heterocycles. The molecule has 1 rings (SSSR count). The topological polar surface area (TPSA) is 58.2 Å². The fourth-order valence-electron chi connectivity index (χ4n) is 1.78. The fourth-order valence-corrected chi connectivity index (χ4v) is 2.49. The molecule has 132 valence electrons. The van der Waals surface area contributed by atoms with Gasteiger partial charge in [-0.2, -0.15) is 0 Å². The molecule has 0 saturated carbocycles. The first-order chi connectivity index (χ1) is 11.1. The summed E-state index contributed by atoms with van der Waals surface area (Å²) in [5, 5.41) is 2.52. The third-order valence-corrected chi connectivity index (χ3v) is 4.78. The van der Waals surface area contributed by atoms with Crippen LogP contribution < -0.4 is 10.0 Å². The Kier molecular flexibility index (Phi) is 7.35. The Hall–Kier alpha value is -1.95. The fraction of sp³-hybridized carbons (Fsp3) is 0.389. The Morgan fingerprint density at radius 2 is 2.00 bits per heavy atom. The number of hydrogen-bond acceptors (Lipinski definition) is 2. The summed E-state index contributed by atoms with van der Waals surface area (Å²) < 4.78 is 28.0. The van der Waals surface area contributed by atoms with Crippen LogP contribution in [0.25, 0.3) is 0 Å². The predicted molar refractivity (Wildman–Crippen MR) is 97.7 cm³/mol. The van der Waals surface area contributed by atoms with Gasteiger partial charge in [-0.05, 0) is 52.7 Å². The van der Waals surface area contributed by atoms with Gasteiger partial charge < -0.3 is 10.0 Å². The lowest BCUT2D eigenvalue weighted by atomic mass is 10.0. The number of rotatable bonds is 6. The van der Waals surface area contributed by atoms with E-state index in [9.17, 15) is 13.4 Å². The quantitative estimate of drug-likeness (QED) is 0.716. The molecule has 0 bridgehead atoms. The van der Waals surface area contributed by atoms with E-state index in [0.29, 0.717) is 18.4 Å². The second-order valence-electron chi connectivity index (χ2n) is 6.33. The average molecular weight is 352 g/mol. The highest BCUT2D eigenvalue weighted by atomic mass is 32.2. The third-order valence-electron chi connectivity index (χ3n) is 3.22. The monoisotopic (exact) mass is 352 g/mol. The van der Waals surface area contributed by atoms with Gasteiger partial charge in [0.15, 0.2) is 0 Å². The number of carbonyl (C=O) groups is 1. The Bertz CT molecular complexity index is 652. The third kappa shape index (κ3) is 6.28. The van der Waals surface area contributed by atoms with Crippen molar-refractivity contribution in [1.82, 2.24) is 10.0 Å². The van der Waals surface area contributed by atoms with Crippen LogP contribution in [0.1, 0.15) is 40.5 Å². The average Bonchev–Trinajstić information content (AvgIpc) is 2.50. The zero-order chi connectivity index (χ0) is 18.3. The molecule has 0 radical (unpaired) electrons. The van der Waals surface area contributed by atoms with Gasteiger partial charge in [-0.1, -0.05) is 24.8 Å². The van der Waals surface area contributed by atoms with Gasteiger partial charge in [0, 0.05) is 11.3 Å². The molecule has 0 aromatic rings. The zero-order valence-corrected chi connectivity index (χ0v) is 15.4. The lowest BCUT2D eigenvalue weighted by molar-refractivity contribution is -0.117. The van der Waals surface area contributed by atoms with Crippen LogP contribution in [0, 0.1) is 0 Å². The van der Waals surface area contributed by atoms with Gasteiger partial charge in [0.05, 0.1) is 10.4 Å². The van der Waals surface area contributed by atoms with Crippen molar-refractivity contribution in [1.29, 1.82) is 0 Å². The van der Waals surface area contributed by atoms with Crippen molar-refractivity contribution in [3.05, 3.63) is 59.8 Å². The van der Waals surface area contributed by atoms with E-state index in [4.69, 9.17) is 0 Å². The van der Waals surface area contributed by atoms with Crippen molar-refractivity contribution in [2.75, 3.05) is 0 Å². The molecular formula is C18H25FN2O2S. The molecule has 1 unspecified atom stereocenters. The van der Waals surface area contributed by atoms with Crippen molar-refractivity contribution in [2.24, 2.45) is 0 Å². The number of amides is 1. The van der Waals surface area contributed by atoms with Crippen LogP contribution in [-0.2, 0) is 15.8 Å². The van der Waals surface area contributed by atoms with Crippen LogP contribution >= 0.6 is 0 Å². The minimum Gasteiger partial charge on any atom is -0.320 e. The Morgan fingerprint density at radius 3 is 2.46 bits per heavy atom. The molecule has 4 nitrogen and oxygen atoms in total. The number of hydrogen-bond donors (Lipinski definition) is 2. The highest BCUT2D eigenvalue weighted by Crippen LogP contribution is 2.20. The van der Waals surface area contributed by atoms with Crippen LogP contribution in [0.4, 0.5) is 4.39 Å². The molecule has 0 spiro atoms. The van der Waals surface area contributed by atoms with Gasteiger partial charge in [-0.3, -0.25) is 4.79 Å². The predicted octanol–water partition coefficient (Wildman–Crippen LogP) is 3.70. The second kappa shape index (κ2) is 8.78. The number of carbonyl (C=O) groups excluding carboxylic acids is 1. The van der Waals surface area contributed by atoms with Crippen LogP contribution in [0.15, 0.2) is 59.8 Å². The molecule has 6 heteroatoms. The van der Waals surface area contributed by atoms with Crippen LogP contribution in [-0.4, -0.2) is 14.9 Å². The minimum atomic E-state index is -1.20. The molecule has 0 aromatic heterocycles. The van der Waals surface area contributed by atoms with E-state index < -0.39 is 16.8 Å². The molecule has 1 aliphatic carbocycles. The Labute approximate surface area is 145 Å². The van der Waals surface area contributed by atoms with E-state index in [1.54, 1.807) is 31.2 Å². The Balaban J connectivity index is 2.77. The number of nitrogens with one attached hydrogen (secondary N) is 2. The summed E-state index contributed by atoms with van der Waals surface area (Å²) in [6.07, 6.45) is 9.27. The van der Waals surface area contributed by atoms with Crippen LogP contribution in [0.3, 0.4) is 0 Å². The van der Waals surface area contributed by atoms with Crippen molar-refractivity contribution in [2.45, 2.75) is 45.3 Å². The molecule has 0 aromatic carbocycles. The summed E-state index contributed by atoms with van der Waals surface area (Å²) >= 11 is 0. The first kappa shape index (κ1) is 20.1. The van der Waals surface area contributed by atoms with Gasteiger partial charge in [0.25, 0.3) is 5.91 Å². The van der Waals surface area contributed by atoms with Crippen LogP contribution in [0.5, 0.6) is 0 Å². The summed E-state index contributed by atoms with van der Waals surface area (Å²) in [6, 6.07) is 0. The molecule has 1 amide bonds. The maximum Gasteiger partial charge on any atom is 0.251 e. The highest BCUT2D eigenvalue weighted by Gasteiger charge is 2.22. The standard InChI is InChI=1S/C18H25FN2O2S/c1-6-7-8-16(13(2)19)20-17(22)14-9-11-15(12-10-14)21-24(23)18(3,4)5/h6-9,11,21H,2,10,12H2,1,3-5H3,(H,20,22)/b7-6-,16-8+. The Morgan fingerprint density at radius 1 is 1.33 bits per heavy atom. The number of halogens is 1. The summed E-state index contributed by atoms with van der Waals surface area (Å²) in [4.78, 5) is 12.2. The van der Waals surface area contributed by atoms with E-state index >= 15 is 0 Å². The van der Waals surface area contributed by atoms with E-state index in [2.05, 4.69) is 16.6 Å². The molecule has 0 aliphatic heterocycles. The van der Waals surface area contributed by atoms with Gasteiger partial charge in [-0.15, -0.1) is 0 Å². The summed E-state index contributed by atoms with van der Waals surface area (Å²) in [5.74, 6) is -1.06. The molecule has 1 atom stereocenters. The molecule has 0 fully saturated rings. The van der Waals surface area contributed by atoms with Gasteiger partial charge in [0.1, 0.15) is 16.8 Å². The van der Waals surface area contributed by atoms with Crippen molar-refractivity contribution < 1.29 is 13.4 Å². The van der Waals surface area contributed by atoms with E-state index in [0.717, 1.165) is 5.70 Å². The molecule has 2 N–H and O–H groups in total. The first-order valence-corrected chi connectivity index (χ1v) is 8.87. The van der Waals surface area contributed by atoms with Gasteiger partial charge in [0.2, 0.25) is 0 Å². The summed E-state index contributed by atoms with van der Waals surface area (Å²) in [6.45, 7) is 10.7. The normalized spacial score (nSPS) is 17.1. The lowest BCUT2D eigenvalue weighted by Crippen LogP contribution is -2.33. The largest absolute Gasteiger partial charge is 0.320 e. The van der Waals surface area contributed by atoms with Crippen LogP contribution in [0.2, 0.25) is 0 Å². The second-order valence-corrected chi connectivity index (χ2v) is 8.30. The van der Waals surface area contributed by atoms with Crippen molar-refractivity contribution >= 4 is 16.9 Å². The summed E-state index contributed by atoms with van der Waals surface area (Å²) in [5.41, 5.74) is 1.40. The lowest BCUT2D eigenvalue weighted by Gasteiger charge is -2.22. The van der Waals surface area contributed by atoms with E-state index in [1.807, 2.05) is 20.8 Å². The molecular weight excluding hydrogens is 327 g/mol. The highest BCUT2D eigenvalue weighted by molar-refractivity contribution is 7.84. The SMILES string of the molecule is C=C(F)/C(=C\C=C/C)NC(=O)C1=CC=C(NS(=O)C(C)(C)C)CC1. The molecule has 1 aliphatic rings. The van der Waals surface area contributed by atoms with Gasteiger partial charge in [-0.25, -0.2) is 8.60 Å². The smallest absolute Gasteiger partial charge is 0.251 e. The zero-order valence-electron chi connectivity index (χ0n) is 14.6.